The number of nitrogens with zero attached hydrogens (tertiary/aromatic N) is 1. The lowest BCUT2D eigenvalue weighted by atomic mass is 9.98. The Labute approximate surface area is 120 Å². The first-order chi connectivity index (χ1) is 9.55. The van der Waals surface area contributed by atoms with Crippen LogP contribution in [0, 0.1) is 0 Å². The summed E-state index contributed by atoms with van der Waals surface area (Å²) in [7, 11) is 1.71. The number of rotatable bonds is 5. The van der Waals surface area contributed by atoms with Crippen molar-refractivity contribution in [3.05, 3.63) is 35.4 Å². The minimum absolute atomic E-state index is 0.612. The molecule has 2 N–H and O–H groups in total. The first kappa shape index (κ1) is 15.0. The maximum atomic E-state index is 11.3. The number of fused-ring (bicyclic) bond motifs is 1. The van der Waals surface area contributed by atoms with E-state index in [1.54, 1.807) is 14.0 Å². The van der Waals surface area contributed by atoms with Gasteiger partial charge in [0.05, 0.1) is 0 Å². The van der Waals surface area contributed by atoms with Gasteiger partial charge in [-0.25, -0.2) is 0 Å². The van der Waals surface area contributed by atoms with Crippen molar-refractivity contribution in [1.82, 2.24) is 10.2 Å². The second-order valence-electron chi connectivity index (χ2n) is 5.79. The van der Waals surface area contributed by atoms with Crippen LogP contribution in [0.3, 0.4) is 0 Å². The number of aliphatic carboxylic acids is 1. The molecule has 110 valence electrons. The monoisotopic (exact) mass is 276 g/mol. The molecule has 0 aromatic heterocycles. The van der Waals surface area contributed by atoms with E-state index in [4.69, 9.17) is 0 Å². The average molecular weight is 276 g/mol. The third-order valence-electron chi connectivity index (χ3n) is 4.38. The van der Waals surface area contributed by atoms with Gasteiger partial charge in [-0.3, -0.25) is 9.69 Å². The number of carboxylic acid groups (broad SMARTS) is 1. The topological polar surface area (TPSA) is 52.6 Å². The molecule has 20 heavy (non-hydrogen) atoms. The minimum atomic E-state index is -0.841. The molecule has 0 radical (unpaired) electrons. The highest BCUT2D eigenvalue weighted by Gasteiger charge is 2.31. The number of nitrogens with one attached hydrogen (secondary N) is 1. The molecule has 0 saturated heterocycles. The molecule has 0 amide bonds. The van der Waals surface area contributed by atoms with Gasteiger partial charge in [-0.15, -0.1) is 0 Å². The van der Waals surface area contributed by atoms with Gasteiger partial charge in [0, 0.05) is 13.1 Å². The van der Waals surface area contributed by atoms with Crippen molar-refractivity contribution in [3.63, 3.8) is 0 Å². The minimum Gasteiger partial charge on any atom is -0.480 e. The lowest BCUT2D eigenvalue weighted by molar-refractivity contribution is -0.144. The van der Waals surface area contributed by atoms with Crippen molar-refractivity contribution in [2.24, 2.45) is 0 Å². The normalized spacial score (nSPS) is 18.9. The molecule has 0 aliphatic carbocycles. The Morgan fingerprint density at radius 3 is 2.75 bits per heavy atom. The van der Waals surface area contributed by atoms with E-state index in [0.717, 1.165) is 32.5 Å². The van der Waals surface area contributed by atoms with Crippen LogP contribution in [0.15, 0.2) is 24.3 Å². The molecule has 4 nitrogen and oxygen atoms in total. The van der Waals surface area contributed by atoms with E-state index in [2.05, 4.69) is 34.5 Å². The van der Waals surface area contributed by atoms with Crippen LogP contribution in [0.5, 0.6) is 0 Å². The van der Waals surface area contributed by atoms with Crippen LogP contribution in [0.1, 0.15) is 30.9 Å². The predicted octanol–water partition coefficient (Wildman–Crippen LogP) is 1.89. The second-order valence-corrected chi connectivity index (χ2v) is 5.79. The van der Waals surface area contributed by atoms with Crippen LogP contribution in [-0.4, -0.2) is 41.7 Å². The van der Waals surface area contributed by atoms with Gasteiger partial charge >= 0.3 is 5.97 Å². The second kappa shape index (κ2) is 6.37. The van der Waals surface area contributed by atoms with Gasteiger partial charge < -0.3 is 10.4 Å². The number of aryl methyl sites for hydroxylation is 1. The molecule has 4 heteroatoms. The van der Waals surface area contributed by atoms with Gasteiger partial charge in [0.25, 0.3) is 0 Å². The zero-order chi connectivity index (χ0) is 14.6. The summed E-state index contributed by atoms with van der Waals surface area (Å²) >= 11 is 0. The third kappa shape index (κ3) is 3.38. The number of benzene rings is 1. The Morgan fingerprint density at radius 1 is 1.40 bits per heavy atom. The molecule has 1 aromatic rings. The third-order valence-corrected chi connectivity index (χ3v) is 4.38. The van der Waals surface area contributed by atoms with E-state index in [9.17, 15) is 9.90 Å². The molecule has 0 fully saturated rings. The zero-order valence-electron chi connectivity index (χ0n) is 12.4. The Bertz CT molecular complexity index is 475. The van der Waals surface area contributed by atoms with E-state index < -0.39 is 11.5 Å². The van der Waals surface area contributed by atoms with Gasteiger partial charge in [-0.05, 0) is 50.9 Å². The summed E-state index contributed by atoms with van der Waals surface area (Å²) in [4.78, 5) is 13.7. The summed E-state index contributed by atoms with van der Waals surface area (Å²) in [6, 6.07) is 8.56. The van der Waals surface area contributed by atoms with Crippen molar-refractivity contribution in [2.45, 2.75) is 38.3 Å². The van der Waals surface area contributed by atoms with E-state index >= 15 is 0 Å². The molecular formula is C16H24N2O2. The maximum absolute atomic E-state index is 11.3. The van der Waals surface area contributed by atoms with E-state index in [1.807, 2.05) is 0 Å². The molecule has 1 aliphatic rings. The summed E-state index contributed by atoms with van der Waals surface area (Å²) in [5.74, 6) is -0.782. The number of carboxylic acids is 1. The van der Waals surface area contributed by atoms with Crippen molar-refractivity contribution in [2.75, 3.05) is 20.1 Å². The molecular weight excluding hydrogens is 252 g/mol. The van der Waals surface area contributed by atoms with E-state index in [0.29, 0.717) is 6.42 Å². The summed E-state index contributed by atoms with van der Waals surface area (Å²) in [6.45, 7) is 4.52. The fraction of sp³-hybridized carbons (Fsp3) is 0.562. The average Bonchev–Trinajstić information content (AvgIpc) is 2.66. The number of likely N-dealkylation sites (N-methyl/N-ethyl adjacent to an activating group) is 1. The van der Waals surface area contributed by atoms with Crippen LogP contribution in [0.25, 0.3) is 0 Å². The van der Waals surface area contributed by atoms with Gasteiger partial charge in [-0.2, -0.15) is 0 Å². The highest BCUT2D eigenvalue weighted by molar-refractivity contribution is 5.78. The van der Waals surface area contributed by atoms with Crippen LogP contribution >= 0.6 is 0 Å². The molecule has 0 bridgehead atoms. The smallest absolute Gasteiger partial charge is 0.323 e. The molecule has 1 heterocycles. The Kier molecular flexibility index (Phi) is 4.78. The quantitative estimate of drug-likeness (QED) is 0.862. The molecule has 1 aliphatic heterocycles. The predicted molar refractivity (Wildman–Crippen MR) is 79.8 cm³/mol. The molecule has 1 aromatic carbocycles. The zero-order valence-corrected chi connectivity index (χ0v) is 12.4. The first-order valence-corrected chi connectivity index (χ1v) is 7.26. The molecule has 2 rings (SSSR count). The van der Waals surface area contributed by atoms with Gasteiger partial charge in [0.2, 0.25) is 0 Å². The van der Waals surface area contributed by atoms with Crippen LogP contribution in [-0.2, 0) is 17.8 Å². The van der Waals surface area contributed by atoms with Gasteiger partial charge in [-0.1, -0.05) is 24.3 Å². The standard InChI is InChI=1S/C16H24N2O2/c1-16(17-2,15(19)20)9-11-18-10-5-8-13-6-3-4-7-14(13)12-18/h3-4,6-7,17H,5,8-12H2,1-2H3,(H,19,20). The van der Waals surface area contributed by atoms with Crippen molar-refractivity contribution >= 4 is 5.97 Å². The lowest BCUT2D eigenvalue weighted by Crippen LogP contribution is -2.49. The van der Waals surface area contributed by atoms with Crippen LogP contribution in [0.2, 0.25) is 0 Å². The number of hydrogen-bond acceptors (Lipinski definition) is 3. The van der Waals surface area contributed by atoms with Crippen LogP contribution in [0.4, 0.5) is 0 Å². The fourth-order valence-corrected chi connectivity index (χ4v) is 2.68. The highest BCUT2D eigenvalue weighted by Crippen LogP contribution is 2.20. The molecule has 1 unspecified atom stereocenters. The molecule has 1 atom stereocenters. The van der Waals surface area contributed by atoms with Gasteiger partial charge in [0.15, 0.2) is 0 Å². The highest BCUT2D eigenvalue weighted by atomic mass is 16.4. The fourth-order valence-electron chi connectivity index (χ4n) is 2.68. The van der Waals surface area contributed by atoms with Gasteiger partial charge in [0.1, 0.15) is 5.54 Å². The largest absolute Gasteiger partial charge is 0.480 e. The Morgan fingerprint density at radius 2 is 2.10 bits per heavy atom. The number of carbonyl (C=O) groups is 1. The Balaban J connectivity index is 1.99. The van der Waals surface area contributed by atoms with Crippen molar-refractivity contribution < 1.29 is 9.90 Å². The van der Waals surface area contributed by atoms with E-state index in [1.165, 1.54) is 11.1 Å². The van der Waals surface area contributed by atoms with E-state index in [-0.39, 0.29) is 0 Å². The lowest BCUT2D eigenvalue weighted by Gasteiger charge is -2.28. The van der Waals surface area contributed by atoms with Crippen molar-refractivity contribution in [1.29, 1.82) is 0 Å². The van der Waals surface area contributed by atoms with Crippen molar-refractivity contribution in [3.8, 4) is 0 Å². The maximum Gasteiger partial charge on any atom is 0.323 e. The molecule has 0 spiro atoms. The summed E-state index contributed by atoms with van der Waals surface area (Å²) in [5.41, 5.74) is 1.97. The first-order valence-electron chi connectivity index (χ1n) is 7.26. The SMILES string of the molecule is CNC(C)(CCN1CCCc2ccccc2C1)C(=O)O. The number of hydrogen-bond donors (Lipinski definition) is 2. The Hall–Kier alpha value is -1.39. The van der Waals surface area contributed by atoms with Crippen LogP contribution < -0.4 is 5.32 Å². The summed E-state index contributed by atoms with van der Waals surface area (Å²) in [5, 5.41) is 12.2. The molecule has 0 saturated carbocycles. The summed E-state index contributed by atoms with van der Waals surface area (Å²) in [6.07, 6.45) is 2.87. The summed E-state index contributed by atoms with van der Waals surface area (Å²) < 4.78 is 0.